The van der Waals surface area contributed by atoms with E-state index in [0.717, 1.165) is 31.0 Å². The fourth-order valence-electron chi connectivity index (χ4n) is 4.23. The van der Waals surface area contributed by atoms with E-state index in [9.17, 15) is 4.79 Å². The van der Waals surface area contributed by atoms with Gasteiger partial charge in [0.15, 0.2) is 11.5 Å². The van der Waals surface area contributed by atoms with E-state index in [0.29, 0.717) is 6.42 Å². The van der Waals surface area contributed by atoms with Crippen LogP contribution in [0, 0.1) is 0 Å². The van der Waals surface area contributed by atoms with Crippen molar-refractivity contribution in [3.05, 3.63) is 59.2 Å². The van der Waals surface area contributed by atoms with Crippen LogP contribution >= 0.6 is 0 Å². The molecule has 28 heavy (non-hydrogen) atoms. The Morgan fingerprint density at radius 2 is 1.86 bits per heavy atom. The van der Waals surface area contributed by atoms with Gasteiger partial charge >= 0.3 is 0 Å². The normalized spacial score (nSPS) is 19.4. The predicted octanol–water partition coefficient (Wildman–Crippen LogP) is 2.30. The molecule has 0 saturated carbocycles. The zero-order valence-corrected chi connectivity index (χ0v) is 17.2. The largest absolute Gasteiger partial charge is 0.493 e. The Balaban J connectivity index is 1.99. The van der Waals surface area contributed by atoms with Crippen molar-refractivity contribution in [3.63, 3.8) is 0 Å². The first-order chi connectivity index (χ1) is 13.6. The first-order valence-electron chi connectivity index (χ1n) is 10.00. The molecule has 2 N–H and O–H groups in total. The van der Waals surface area contributed by atoms with E-state index in [2.05, 4.69) is 48.6 Å². The molecule has 150 valence electrons. The Morgan fingerprint density at radius 1 is 1.18 bits per heavy atom. The maximum absolute atomic E-state index is 12.1. The van der Waals surface area contributed by atoms with Crippen LogP contribution < -0.4 is 19.7 Å². The summed E-state index contributed by atoms with van der Waals surface area (Å²) in [4.78, 5) is 13.6. The Labute approximate surface area is 167 Å². The Kier molecular flexibility index (Phi) is 6.57. The van der Waals surface area contributed by atoms with Crippen LogP contribution in [0.25, 0.3) is 0 Å². The smallest absolute Gasteiger partial charge is 0.220 e. The minimum Gasteiger partial charge on any atom is -0.493 e. The summed E-state index contributed by atoms with van der Waals surface area (Å²) in [5.41, 5.74) is 3.82. The van der Waals surface area contributed by atoms with Crippen LogP contribution in [0.5, 0.6) is 11.5 Å². The molecule has 1 aliphatic heterocycles. The van der Waals surface area contributed by atoms with E-state index in [4.69, 9.17) is 9.47 Å². The lowest BCUT2D eigenvalue weighted by atomic mass is 9.87. The molecular formula is C23H31N2O3+. The Hall–Kier alpha value is -2.53. The predicted molar refractivity (Wildman–Crippen MR) is 110 cm³/mol. The Bertz CT molecular complexity index is 807. The van der Waals surface area contributed by atoms with Gasteiger partial charge in [-0.05, 0) is 24.6 Å². The topological polar surface area (TPSA) is 52.0 Å². The molecule has 3 rings (SSSR count). The number of nitrogens with one attached hydrogen (secondary N) is 2. The highest BCUT2D eigenvalue weighted by atomic mass is 16.5. The minimum atomic E-state index is 0.0170. The van der Waals surface area contributed by atoms with Crippen LogP contribution in [0.4, 0.5) is 0 Å². The highest BCUT2D eigenvalue weighted by Gasteiger charge is 2.37. The number of methoxy groups -OCH3 is 2. The molecule has 0 spiro atoms. The lowest BCUT2D eigenvalue weighted by Crippen LogP contribution is -3.13. The zero-order chi connectivity index (χ0) is 20.1. The molecule has 0 fully saturated rings. The number of amides is 1. The van der Waals surface area contributed by atoms with Crippen molar-refractivity contribution >= 4 is 5.91 Å². The van der Waals surface area contributed by atoms with Crippen molar-refractivity contribution in [1.82, 2.24) is 5.32 Å². The summed E-state index contributed by atoms with van der Waals surface area (Å²) in [5.74, 6) is 1.58. The first-order valence-corrected chi connectivity index (χ1v) is 10.00. The van der Waals surface area contributed by atoms with Gasteiger partial charge in [0, 0.05) is 24.0 Å². The lowest BCUT2D eigenvalue weighted by molar-refractivity contribution is -0.948. The SMILES string of the molecule is CCC(=O)N[C@H](C)[C@@H]1c2cc(OC)c(OC)cc2CC[NH+]1Cc1ccccc1. The molecule has 2 aromatic carbocycles. The molecule has 1 unspecified atom stereocenters. The number of carbonyl (C=O) groups is 1. The Morgan fingerprint density at radius 3 is 2.50 bits per heavy atom. The van der Waals surface area contributed by atoms with Gasteiger partial charge in [-0.25, -0.2) is 0 Å². The van der Waals surface area contributed by atoms with E-state index in [-0.39, 0.29) is 18.0 Å². The number of carbonyl (C=O) groups excluding carboxylic acids is 1. The van der Waals surface area contributed by atoms with Crippen molar-refractivity contribution in [2.24, 2.45) is 0 Å². The second kappa shape index (κ2) is 9.11. The van der Waals surface area contributed by atoms with Crippen molar-refractivity contribution in [2.45, 2.75) is 45.3 Å². The maximum atomic E-state index is 12.1. The van der Waals surface area contributed by atoms with Crippen molar-refractivity contribution in [1.29, 1.82) is 0 Å². The van der Waals surface area contributed by atoms with Gasteiger partial charge in [-0.2, -0.15) is 0 Å². The van der Waals surface area contributed by atoms with Gasteiger partial charge in [-0.15, -0.1) is 0 Å². The number of hydrogen-bond donors (Lipinski definition) is 2. The van der Waals surface area contributed by atoms with E-state index >= 15 is 0 Å². The number of fused-ring (bicyclic) bond motifs is 1. The third kappa shape index (κ3) is 4.30. The zero-order valence-electron chi connectivity index (χ0n) is 17.2. The van der Waals surface area contributed by atoms with Crippen LogP contribution in [-0.2, 0) is 17.8 Å². The van der Waals surface area contributed by atoms with E-state index in [1.54, 1.807) is 14.2 Å². The van der Waals surface area contributed by atoms with E-state index < -0.39 is 0 Å². The van der Waals surface area contributed by atoms with Gasteiger partial charge in [0.2, 0.25) is 5.91 Å². The van der Waals surface area contributed by atoms with Crippen LogP contribution in [0.3, 0.4) is 0 Å². The van der Waals surface area contributed by atoms with Crippen molar-refractivity contribution in [2.75, 3.05) is 20.8 Å². The number of quaternary nitrogens is 1. The lowest BCUT2D eigenvalue weighted by Gasteiger charge is -2.38. The average Bonchev–Trinajstić information content (AvgIpc) is 2.72. The molecule has 1 amide bonds. The molecule has 0 radical (unpaired) electrons. The molecule has 1 heterocycles. The summed E-state index contributed by atoms with van der Waals surface area (Å²) in [6.07, 6.45) is 1.46. The van der Waals surface area contributed by atoms with Crippen LogP contribution in [0.1, 0.15) is 43.0 Å². The molecular weight excluding hydrogens is 352 g/mol. The molecule has 2 aromatic rings. The summed E-state index contributed by atoms with van der Waals surface area (Å²) >= 11 is 0. The van der Waals surface area contributed by atoms with Gasteiger partial charge in [0.05, 0.1) is 26.8 Å². The van der Waals surface area contributed by atoms with Gasteiger partial charge in [-0.3, -0.25) is 4.79 Å². The van der Waals surface area contributed by atoms with Crippen LogP contribution in [0.2, 0.25) is 0 Å². The summed E-state index contributed by atoms with van der Waals surface area (Å²) in [6, 6.07) is 14.9. The molecule has 0 saturated heterocycles. The molecule has 5 nitrogen and oxygen atoms in total. The molecule has 0 aliphatic carbocycles. The molecule has 3 atom stereocenters. The fraction of sp³-hybridized carbons (Fsp3) is 0.435. The second-order valence-corrected chi connectivity index (χ2v) is 7.41. The fourth-order valence-corrected chi connectivity index (χ4v) is 4.23. The summed E-state index contributed by atoms with van der Waals surface area (Å²) < 4.78 is 11.1. The average molecular weight is 384 g/mol. The van der Waals surface area contributed by atoms with Gasteiger partial charge in [0.1, 0.15) is 12.6 Å². The van der Waals surface area contributed by atoms with E-state index in [1.165, 1.54) is 21.6 Å². The number of benzene rings is 2. The molecule has 5 heteroatoms. The summed E-state index contributed by atoms with van der Waals surface area (Å²) in [7, 11) is 3.33. The number of ether oxygens (including phenoxy) is 2. The van der Waals surface area contributed by atoms with Crippen molar-refractivity contribution in [3.8, 4) is 11.5 Å². The van der Waals surface area contributed by atoms with Crippen molar-refractivity contribution < 1.29 is 19.2 Å². The quantitative estimate of drug-likeness (QED) is 0.771. The molecule has 0 aromatic heterocycles. The molecule has 1 aliphatic rings. The maximum Gasteiger partial charge on any atom is 0.220 e. The highest BCUT2D eigenvalue weighted by Crippen LogP contribution is 2.35. The van der Waals surface area contributed by atoms with E-state index in [1.807, 2.05) is 13.0 Å². The summed E-state index contributed by atoms with van der Waals surface area (Å²) in [6.45, 7) is 5.92. The van der Waals surface area contributed by atoms with Gasteiger partial charge in [-0.1, -0.05) is 37.3 Å². The van der Waals surface area contributed by atoms with Crippen LogP contribution in [0.15, 0.2) is 42.5 Å². The highest BCUT2D eigenvalue weighted by molar-refractivity contribution is 5.75. The second-order valence-electron chi connectivity index (χ2n) is 7.41. The number of rotatable bonds is 7. The summed E-state index contributed by atoms with van der Waals surface area (Å²) in [5, 5.41) is 3.19. The van der Waals surface area contributed by atoms with Gasteiger partial charge in [0.25, 0.3) is 0 Å². The van der Waals surface area contributed by atoms with Crippen LogP contribution in [-0.4, -0.2) is 32.7 Å². The monoisotopic (exact) mass is 383 g/mol. The third-order valence-corrected chi connectivity index (χ3v) is 5.62. The van der Waals surface area contributed by atoms with Gasteiger partial charge < -0.3 is 19.7 Å². The minimum absolute atomic E-state index is 0.0170. The third-order valence-electron chi connectivity index (χ3n) is 5.62. The first kappa shape index (κ1) is 20.2. The standard InChI is InChI=1S/C23H30N2O3/c1-5-22(26)24-16(2)23-19-14-21(28-4)20(27-3)13-18(19)11-12-25(23)15-17-9-7-6-8-10-17/h6-10,13-14,16,23H,5,11-12,15H2,1-4H3,(H,24,26)/p+1/t16-,23-/m1/s1. The number of hydrogen-bond acceptors (Lipinski definition) is 3. The molecule has 0 bridgehead atoms.